The summed E-state index contributed by atoms with van der Waals surface area (Å²) >= 11 is 0. The van der Waals surface area contributed by atoms with Crippen LogP contribution < -0.4 is 9.80 Å². The summed E-state index contributed by atoms with van der Waals surface area (Å²) in [4.78, 5) is 95.3. The molecule has 2 aromatic heterocycles. The number of rotatable bonds is 10. The van der Waals surface area contributed by atoms with E-state index in [1.54, 1.807) is 84.9 Å². The zero-order valence-corrected chi connectivity index (χ0v) is 38.2. The zero-order valence-electron chi connectivity index (χ0n) is 38.2. The topological polar surface area (TPSA) is 152 Å². The molecule has 0 radical (unpaired) electrons. The van der Waals surface area contributed by atoms with E-state index in [-0.39, 0.29) is 46.3 Å². The summed E-state index contributed by atoms with van der Waals surface area (Å²) < 4.78 is 0. The molecule has 0 bridgehead atoms. The summed E-state index contributed by atoms with van der Waals surface area (Å²) in [5, 5.41) is 0. The third-order valence-electron chi connectivity index (χ3n) is 13.3. The minimum absolute atomic E-state index is 0.0960. The number of hydrogen-bond donors (Lipinski definition) is 0. The van der Waals surface area contributed by atoms with Crippen LogP contribution in [0.3, 0.4) is 0 Å². The van der Waals surface area contributed by atoms with Crippen molar-refractivity contribution in [2.45, 2.75) is 10.8 Å². The van der Waals surface area contributed by atoms with Crippen molar-refractivity contribution in [1.29, 1.82) is 0 Å². The highest BCUT2D eigenvalue weighted by Gasteiger charge is 2.85. The van der Waals surface area contributed by atoms with Crippen LogP contribution >= 0.6 is 0 Å². The van der Waals surface area contributed by atoms with Crippen LogP contribution in [0.4, 0.5) is 11.9 Å². The van der Waals surface area contributed by atoms with E-state index in [1.165, 1.54) is 0 Å². The maximum Gasteiger partial charge on any atom is 0.258 e. The molecular weight excluding hydrogens is 897 g/mol. The molecule has 0 spiro atoms. The lowest BCUT2D eigenvalue weighted by Gasteiger charge is -2.31. The van der Waals surface area contributed by atoms with Crippen molar-refractivity contribution in [3.63, 3.8) is 0 Å². The van der Waals surface area contributed by atoms with Gasteiger partial charge in [-0.1, -0.05) is 231 Å². The van der Waals surface area contributed by atoms with Crippen LogP contribution in [0.15, 0.2) is 231 Å². The summed E-state index contributed by atoms with van der Waals surface area (Å²) in [5.74, 6) is -4.24. The molecule has 0 unspecified atom stereocenters. The molecule has 12 nitrogen and oxygen atoms in total. The molecule has 2 saturated heterocycles. The third-order valence-corrected chi connectivity index (χ3v) is 13.3. The standard InChI is InChI=1S/C60H38N8O4/c69-53-59(47-27-15-5-16-28-47)55(71)68(58-64-50(44-25-13-4-14-26-44)62-52(66-58)46-37-33-42(34-38-46)40-21-9-2-10-22-40)56(72)60(59,48-29-17-6-18-30-48)54(70)67(53)57-63-49(43-23-11-3-12-24-43)61-51(65-57)45-35-31-41(32-36-45)39-19-7-1-8-20-39/h1-38H. The average molecular weight is 935 g/mol. The first-order valence-electron chi connectivity index (χ1n) is 23.2. The lowest BCUT2D eigenvalue weighted by atomic mass is 9.59. The summed E-state index contributed by atoms with van der Waals surface area (Å²) in [7, 11) is 0. The fourth-order valence-corrected chi connectivity index (χ4v) is 9.85. The van der Waals surface area contributed by atoms with Gasteiger partial charge in [-0.3, -0.25) is 19.2 Å². The lowest BCUT2D eigenvalue weighted by Crippen LogP contribution is -2.54. The van der Waals surface area contributed by atoms with Gasteiger partial charge in [-0.05, 0) is 33.4 Å². The number of carbonyl (C=O) groups excluding carboxylic acids is 4. The Kier molecular flexibility index (Phi) is 10.6. The molecule has 10 aromatic rings. The van der Waals surface area contributed by atoms with Crippen molar-refractivity contribution in [3.8, 4) is 67.8 Å². The Hall–Kier alpha value is -9.94. The van der Waals surface area contributed by atoms with Gasteiger partial charge in [0.2, 0.25) is 11.9 Å². The Morgan fingerprint density at radius 3 is 0.722 bits per heavy atom. The van der Waals surface area contributed by atoms with E-state index in [9.17, 15) is 0 Å². The highest BCUT2D eigenvalue weighted by atomic mass is 16.2. The Morgan fingerprint density at radius 2 is 0.444 bits per heavy atom. The second kappa shape index (κ2) is 17.5. The first kappa shape index (κ1) is 43.3. The van der Waals surface area contributed by atoms with Gasteiger partial charge < -0.3 is 0 Å². The van der Waals surface area contributed by atoms with Crippen molar-refractivity contribution in [3.05, 3.63) is 242 Å². The first-order valence-corrected chi connectivity index (χ1v) is 23.2. The zero-order chi connectivity index (χ0) is 48.8. The quantitative estimate of drug-likeness (QED) is 0.0957. The predicted octanol–water partition coefficient (Wildman–Crippen LogP) is 10.4. The molecule has 4 amide bonds. The van der Waals surface area contributed by atoms with Crippen molar-refractivity contribution in [2.24, 2.45) is 0 Å². The molecule has 8 aromatic carbocycles. The molecule has 0 N–H and O–H groups in total. The molecule has 72 heavy (non-hydrogen) atoms. The van der Waals surface area contributed by atoms with Gasteiger partial charge in [-0.2, -0.15) is 19.9 Å². The molecule has 2 aliphatic rings. The van der Waals surface area contributed by atoms with E-state index in [0.717, 1.165) is 32.1 Å². The number of fused-ring (bicyclic) bond motifs is 1. The highest BCUT2D eigenvalue weighted by Crippen LogP contribution is 2.59. The van der Waals surface area contributed by atoms with Crippen LogP contribution in [0, 0.1) is 0 Å². The number of amides is 4. The molecule has 0 atom stereocenters. The smallest absolute Gasteiger partial charge is 0.258 e. The van der Waals surface area contributed by atoms with Crippen molar-refractivity contribution in [2.75, 3.05) is 9.80 Å². The van der Waals surface area contributed by atoms with Crippen molar-refractivity contribution >= 4 is 35.5 Å². The van der Waals surface area contributed by atoms with Gasteiger partial charge in [0.15, 0.2) is 34.1 Å². The number of benzene rings is 8. The third kappa shape index (κ3) is 6.84. The van der Waals surface area contributed by atoms with E-state index >= 15 is 19.2 Å². The van der Waals surface area contributed by atoms with E-state index in [0.29, 0.717) is 22.3 Å². The predicted molar refractivity (Wildman–Crippen MR) is 273 cm³/mol. The van der Waals surface area contributed by atoms with Crippen LogP contribution in [-0.4, -0.2) is 53.5 Å². The second-order valence-electron chi connectivity index (χ2n) is 17.3. The monoisotopic (exact) mass is 934 g/mol. The molecule has 2 aliphatic heterocycles. The van der Waals surface area contributed by atoms with Gasteiger partial charge >= 0.3 is 0 Å². The van der Waals surface area contributed by atoms with Crippen molar-refractivity contribution in [1.82, 2.24) is 29.9 Å². The Morgan fingerprint density at radius 1 is 0.236 bits per heavy atom. The normalized spacial score (nSPS) is 17.3. The number of hydrogen-bond acceptors (Lipinski definition) is 10. The average Bonchev–Trinajstić information content (AvgIpc) is 3.83. The molecule has 0 aliphatic carbocycles. The number of nitrogens with zero attached hydrogens (tertiary/aromatic N) is 8. The summed E-state index contributed by atoms with van der Waals surface area (Å²) in [5.41, 5.74) is 1.28. The summed E-state index contributed by atoms with van der Waals surface area (Å²) in [6.07, 6.45) is 0. The van der Waals surface area contributed by atoms with Crippen LogP contribution in [0.1, 0.15) is 11.1 Å². The van der Waals surface area contributed by atoms with Gasteiger partial charge in [-0.25, -0.2) is 19.8 Å². The number of anilines is 2. The Balaban J connectivity index is 1.06. The maximum atomic E-state index is 16.2. The van der Waals surface area contributed by atoms with Gasteiger partial charge in [0, 0.05) is 22.3 Å². The highest BCUT2D eigenvalue weighted by molar-refractivity contribution is 6.51. The van der Waals surface area contributed by atoms with Crippen LogP contribution in [0.2, 0.25) is 0 Å². The van der Waals surface area contributed by atoms with E-state index in [4.69, 9.17) is 29.9 Å². The SMILES string of the molecule is O=C1N(c2nc(-c3ccccc3)nc(-c3ccc(-c4ccccc4)cc3)n2)C(=O)C2(c3ccccc3)C(=O)N(c3nc(-c4ccccc4)nc(-c4ccc(-c5ccccc5)cc4)n3)C(=O)C12c1ccccc1. The molecular formula is C60H38N8O4. The van der Waals surface area contributed by atoms with E-state index in [2.05, 4.69) is 0 Å². The van der Waals surface area contributed by atoms with Crippen LogP contribution in [-0.2, 0) is 30.0 Å². The maximum absolute atomic E-state index is 16.2. The minimum Gasteiger partial charge on any atom is -0.272 e. The molecule has 0 saturated carbocycles. The minimum atomic E-state index is -2.56. The number of imide groups is 2. The largest absolute Gasteiger partial charge is 0.272 e. The first-order chi connectivity index (χ1) is 35.4. The summed E-state index contributed by atoms with van der Waals surface area (Å²) in [6, 6.07) is 69.5. The van der Waals surface area contributed by atoms with Gasteiger partial charge in [-0.15, -0.1) is 0 Å². The number of carbonyl (C=O) groups is 4. The Labute approximate surface area is 413 Å². The molecule has 2 fully saturated rings. The molecule has 342 valence electrons. The van der Waals surface area contributed by atoms with Crippen LogP contribution in [0.25, 0.3) is 67.8 Å². The second-order valence-corrected chi connectivity index (χ2v) is 17.3. The molecule has 12 rings (SSSR count). The van der Waals surface area contributed by atoms with Crippen LogP contribution in [0.5, 0.6) is 0 Å². The lowest BCUT2D eigenvalue weighted by molar-refractivity contribution is -0.135. The van der Waals surface area contributed by atoms with Crippen molar-refractivity contribution < 1.29 is 19.2 Å². The summed E-state index contributed by atoms with van der Waals surface area (Å²) in [6.45, 7) is 0. The number of aromatic nitrogens is 6. The molecule has 12 heteroatoms. The Bertz CT molecular complexity index is 3420. The van der Waals surface area contributed by atoms with E-state index in [1.807, 2.05) is 146 Å². The van der Waals surface area contributed by atoms with Gasteiger partial charge in [0.25, 0.3) is 23.6 Å². The fraction of sp³-hybridized carbons (Fsp3) is 0.0333. The molecule has 4 heterocycles. The fourth-order valence-electron chi connectivity index (χ4n) is 9.85. The van der Waals surface area contributed by atoms with Gasteiger partial charge in [0.1, 0.15) is 0 Å². The van der Waals surface area contributed by atoms with E-state index < -0.39 is 34.5 Å². The van der Waals surface area contributed by atoms with Gasteiger partial charge in [0.05, 0.1) is 0 Å².